The number of hydrogen-bond donors (Lipinski definition) is 1. The molecule has 2 rings (SSSR count). The molecular weight excluding hydrogens is 274 g/mol. The summed E-state index contributed by atoms with van der Waals surface area (Å²) >= 11 is 0. The number of aryl methyl sites for hydroxylation is 1. The van der Waals surface area contributed by atoms with E-state index in [0.717, 1.165) is 12.1 Å². The molecule has 1 saturated heterocycles. The number of nitrogens with two attached hydrogens (primary N) is 1. The van der Waals surface area contributed by atoms with Crippen molar-refractivity contribution in [3.63, 3.8) is 0 Å². The van der Waals surface area contributed by atoms with Crippen LogP contribution >= 0.6 is 0 Å². The Morgan fingerprint density at radius 1 is 1.35 bits per heavy atom. The first-order valence-electron chi connectivity index (χ1n) is 6.95. The van der Waals surface area contributed by atoms with E-state index >= 15 is 0 Å². The summed E-state index contributed by atoms with van der Waals surface area (Å²) in [5.74, 6) is 0. The molecule has 0 spiro atoms. The van der Waals surface area contributed by atoms with Crippen LogP contribution in [0.5, 0.6) is 0 Å². The van der Waals surface area contributed by atoms with Gasteiger partial charge >= 0.3 is 0 Å². The van der Waals surface area contributed by atoms with E-state index in [1.807, 2.05) is 27.0 Å². The summed E-state index contributed by atoms with van der Waals surface area (Å²) in [7, 11) is -1.44. The number of likely N-dealkylation sites (N-methyl/N-ethyl adjacent to an activating group) is 1. The van der Waals surface area contributed by atoms with Crippen molar-refractivity contribution < 1.29 is 8.42 Å². The number of nitrogen functional groups attached to an aromatic ring is 1. The molecule has 1 fully saturated rings. The number of rotatable bonds is 3. The fraction of sp³-hybridized carbons (Fsp3) is 0.571. The third-order valence-electron chi connectivity index (χ3n) is 4.01. The molecule has 1 atom stereocenters. The molecule has 1 aromatic carbocycles. The van der Waals surface area contributed by atoms with E-state index in [1.165, 1.54) is 0 Å². The Morgan fingerprint density at radius 3 is 2.65 bits per heavy atom. The van der Waals surface area contributed by atoms with E-state index in [0.29, 0.717) is 30.1 Å². The molecular formula is C14H23N3O2S. The molecule has 0 bridgehead atoms. The van der Waals surface area contributed by atoms with Crippen molar-refractivity contribution in [2.45, 2.75) is 31.2 Å². The first-order chi connectivity index (χ1) is 9.36. The van der Waals surface area contributed by atoms with Crippen molar-refractivity contribution in [1.29, 1.82) is 0 Å². The van der Waals surface area contributed by atoms with Crippen molar-refractivity contribution >= 4 is 15.7 Å². The van der Waals surface area contributed by atoms with Crippen LogP contribution in [0.3, 0.4) is 0 Å². The van der Waals surface area contributed by atoms with Crippen molar-refractivity contribution in [3.05, 3.63) is 23.8 Å². The van der Waals surface area contributed by atoms with Crippen LogP contribution in [0.25, 0.3) is 0 Å². The van der Waals surface area contributed by atoms with Gasteiger partial charge < -0.3 is 10.6 Å². The molecule has 0 radical (unpaired) electrons. The Hall–Kier alpha value is -1.11. The van der Waals surface area contributed by atoms with Crippen molar-refractivity contribution in [2.24, 2.45) is 0 Å². The fourth-order valence-corrected chi connectivity index (χ4v) is 4.32. The normalized spacial score (nSPS) is 22.1. The molecule has 2 N–H and O–H groups in total. The lowest BCUT2D eigenvalue weighted by Gasteiger charge is -2.37. The maximum Gasteiger partial charge on any atom is 0.243 e. The minimum atomic E-state index is -3.46. The highest BCUT2D eigenvalue weighted by molar-refractivity contribution is 7.89. The van der Waals surface area contributed by atoms with Crippen LogP contribution in [-0.4, -0.2) is 50.3 Å². The van der Waals surface area contributed by atoms with Crippen LogP contribution in [0.4, 0.5) is 5.69 Å². The van der Waals surface area contributed by atoms with Gasteiger partial charge in [-0.05, 0) is 38.1 Å². The molecule has 1 aromatic rings. The summed E-state index contributed by atoms with van der Waals surface area (Å²) in [6, 6.07) is 5.37. The summed E-state index contributed by atoms with van der Waals surface area (Å²) in [6.07, 6.45) is 0.679. The molecule has 0 aliphatic carbocycles. The summed E-state index contributed by atoms with van der Waals surface area (Å²) in [5, 5.41) is 0. The van der Waals surface area contributed by atoms with E-state index < -0.39 is 10.0 Å². The van der Waals surface area contributed by atoms with Crippen LogP contribution < -0.4 is 5.73 Å². The predicted molar refractivity (Wildman–Crippen MR) is 81.1 cm³/mol. The van der Waals surface area contributed by atoms with Gasteiger partial charge in [-0.15, -0.1) is 0 Å². The van der Waals surface area contributed by atoms with E-state index in [4.69, 9.17) is 5.73 Å². The summed E-state index contributed by atoms with van der Waals surface area (Å²) in [6.45, 7) is 5.81. The number of nitrogens with zero attached hydrogens (tertiary/aromatic N) is 2. The minimum Gasteiger partial charge on any atom is -0.399 e. The second-order valence-electron chi connectivity index (χ2n) is 5.41. The Balaban J connectivity index is 2.38. The molecule has 1 unspecified atom stereocenters. The SMILES string of the molecule is CCc1ccc(N)cc1S(=O)(=O)N1CCN(C)C(C)C1. The van der Waals surface area contributed by atoms with Gasteiger partial charge in [0, 0.05) is 31.4 Å². The summed E-state index contributed by atoms with van der Waals surface area (Å²) in [4.78, 5) is 2.53. The van der Waals surface area contributed by atoms with Gasteiger partial charge in [0.1, 0.15) is 0 Å². The average Bonchev–Trinajstić information content (AvgIpc) is 2.41. The van der Waals surface area contributed by atoms with E-state index in [1.54, 1.807) is 16.4 Å². The van der Waals surface area contributed by atoms with Crippen LogP contribution in [0.2, 0.25) is 0 Å². The van der Waals surface area contributed by atoms with E-state index in [9.17, 15) is 8.42 Å². The van der Waals surface area contributed by atoms with Gasteiger partial charge in [-0.1, -0.05) is 13.0 Å². The maximum atomic E-state index is 12.8. The smallest absolute Gasteiger partial charge is 0.243 e. The quantitative estimate of drug-likeness (QED) is 0.850. The van der Waals surface area contributed by atoms with E-state index in [-0.39, 0.29) is 6.04 Å². The average molecular weight is 297 g/mol. The molecule has 5 nitrogen and oxygen atoms in total. The molecule has 0 aromatic heterocycles. The standard InChI is InChI=1S/C14H23N3O2S/c1-4-12-5-6-13(15)9-14(12)20(18,19)17-8-7-16(3)11(2)10-17/h5-6,9,11H,4,7-8,10,15H2,1-3H3. The van der Waals surface area contributed by atoms with Crippen LogP contribution in [0, 0.1) is 0 Å². The second-order valence-corrected chi connectivity index (χ2v) is 7.32. The monoisotopic (exact) mass is 297 g/mol. The van der Waals surface area contributed by atoms with Gasteiger partial charge in [-0.25, -0.2) is 8.42 Å². The fourth-order valence-electron chi connectivity index (χ4n) is 2.48. The molecule has 1 aliphatic rings. The van der Waals surface area contributed by atoms with Gasteiger partial charge in [-0.3, -0.25) is 0 Å². The van der Waals surface area contributed by atoms with Crippen molar-refractivity contribution in [2.75, 3.05) is 32.4 Å². The summed E-state index contributed by atoms with van der Waals surface area (Å²) in [5.41, 5.74) is 7.08. The van der Waals surface area contributed by atoms with Crippen molar-refractivity contribution in [3.8, 4) is 0 Å². The highest BCUT2D eigenvalue weighted by Gasteiger charge is 2.32. The van der Waals surface area contributed by atoms with Crippen LogP contribution in [0.15, 0.2) is 23.1 Å². The molecule has 1 heterocycles. The second kappa shape index (κ2) is 5.71. The first-order valence-corrected chi connectivity index (χ1v) is 8.39. The van der Waals surface area contributed by atoms with Crippen LogP contribution in [0.1, 0.15) is 19.4 Å². The largest absolute Gasteiger partial charge is 0.399 e. The van der Waals surface area contributed by atoms with Gasteiger partial charge in [0.05, 0.1) is 4.90 Å². The number of sulfonamides is 1. The lowest BCUT2D eigenvalue weighted by molar-refractivity contribution is 0.159. The lowest BCUT2D eigenvalue weighted by Crippen LogP contribution is -2.51. The highest BCUT2D eigenvalue weighted by Crippen LogP contribution is 2.25. The predicted octanol–water partition coefficient (Wildman–Crippen LogP) is 1.16. The van der Waals surface area contributed by atoms with Gasteiger partial charge in [0.15, 0.2) is 0 Å². The Labute approximate surface area is 121 Å². The number of benzene rings is 1. The van der Waals surface area contributed by atoms with Crippen LogP contribution in [-0.2, 0) is 16.4 Å². The molecule has 6 heteroatoms. The molecule has 0 saturated carbocycles. The zero-order valence-electron chi connectivity index (χ0n) is 12.3. The van der Waals surface area contributed by atoms with Crippen molar-refractivity contribution in [1.82, 2.24) is 9.21 Å². The zero-order valence-corrected chi connectivity index (χ0v) is 13.2. The van der Waals surface area contributed by atoms with Gasteiger partial charge in [-0.2, -0.15) is 4.31 Å². The summed E-state index contributed by atoms with van der Waals surface area (Å²) < 4.78 is 27.2. The van der Waals surface area contributed by atoms with Gasteiger partial charge in [0.25, 0.3) is 0 Å². The lowest BCUT2D eigenvalue weighted by atomic mass is 10.1. The first kappa shape index (κ1) is 15.3. The Kier molecular flexibility index (Phi) is 4.36. The Morgan fingerprint density at radius 2 is 2.05 bits per heavy atom. The molecule has 0 amide bonds. The number of piperazine rings is 1. The topological polar surface area (TPSA) is 66.6 Å². The number of anilines is 1. The van der Waals surface area contributed by atoms with Gasteiger partial charge in [0.2, 0.25) is 10.0 Å². The Bertz CT molecular complexity index is 586. The molecule has 1 aliphatic heterocycles. The highest BCUT2D eigenvalue weighted by atomic mass is 32.2. The molecule has 20 heavy (non-hydrogen) atoms. The molecule has 112 valence electrons. The number of hydrogen-bond acceptors (Lipinski definition) is 4. The third-order valence-corrected chi connectivity index (χ3v) is 5.96. The maximum absolute atomic E-state index is 12.8. The third kappa shape index (κ3) is 2.82. The zero-order chi connectivity index (χ0) is 14.9. The van der Waals surface area contributed by atoms with E-state index in [2.05, 4.69) is 4.90 Å². The minimum absolute atomic E-state index is 0.227.